The third-order valence-corrected chi connectivity index (χ3v) is 2.60. The van der Waals surface area contributed by atoms with Crippen molar-refractivity contribution < 1.29 is 4.74 Å². The topological polar surface area (TPSA) is 9.23 Å². The number of unbranched alkanes of at least 4 members (excludes halogenated alkanes) is 5. The molecule has 1 unspecified atom stereocenters. The largest absolute Gasteiger partial charge is 0.498 e. The average Bonchev–Trinajstić information content (AvgIpc) is 2.24. The molecule has 0 rings (SSSR count). The molecule has 0 spiro atoms. The minimum Gasteiger partial charge on any atom is -0.498 e. The lowest BCUT2D eigenvalue weighted by molar-refractivity contribution is 0.136. The molecule has 1 nitrogen and oxygen atoms in total. The maximum atomic E-state index is 5.40. The summed E-state index contributed by atoms with van der Waals surface area (Å²) in [5.74, 6) is 0. The number of rotatable bonds is 11. The summed E-state index contributed by atoms with van der Waals surface area (Å²) in [7, 11) is 0. The highest BCUT2D eigenvalue weighted by Gasteiger charge is 2.04. The van der Waals surface area contributed by atoms with E-state index in [1.165, 1.54) is 38.5 Å². The molecule has 0 aromatic heterocycles. The van der Waals surface area contributed by atoms with Gasteiger partial charge < -0.3 is 4.74 Å². The Hall–Kier alpha value is -0.720. The number of hydrogen-bond donors (Lipinski definition) is 0. The van der Waals surface area contributed by atoms with Crippen molar-refractivity contribution in [3.63, 3.8) is 0 Å². The van der Waals surface area contributed by atoms with Crippen LogP contribution in [-0.4, -0.2) is 6.10 Å². The van der Waals surface area contributed by atoms with Crippen molar-refractivity contribution in [1.82, 2.24) is 0 Å². The number of ether oxygens (including phenoxy) is 1. The highest BCUT2D eigenvalue weighted by atomic mass is 16.5. The molecule has 15 heavy (non-hydrogen) atoms. The van der Waals surface area contributed by atoms with Crippen molar-refractivity contribution in [3.05, 3.63) is 25.5 Å². The number of hydrogen-bond acceptors (Lipinski definition) is 1. The monoisotopic (exact) mass is 210 g/mol. The molecule has 0 saturated carbocycles. The first-order valence-corrected chi connectivity index (χ1v) is 6.22. The van der Waals surface area contributed by atoms with E-state index in [-0.39, 0.29) is 0 Å². The Labute approximate surface area is 95.2 Å². The van der Waals surface area contributed by atoms with Crippen LogP contribution < -0.4 is 0 Å². The molecule has 0 aliphatic rings. The van der Waals surface area contributed by atoms with E-state index in [0.717, 1.165) is 12.8 Å². The van der Waals surface area contributed by atoms with Crippen molar-refractivity contribution in [2.75, 3.05) is 0 Å². The molecule has 0 saturated heterocycles. The predicted molar refractivity (Wildman–Crippen MR) is 67.9 cm³/mol. The molecule has 1 atom stereocenters. The second-order valence-corrected chi connectivity index (χ2v) is 4.01. The van der Waals surface area contributed by atoms with Crippen LogP contribution in [0.1, 0.15) is 58.3 Å². The van der Waals surface area contributed by atoms with Gasteiger partial charge in [0, 0.05) is 6.42 Å². The van der Waals surface area contributed by atoms with Gasteiger partial charge in [0.25, 0.3) is 0 Å². The van der Waals surface area contributed by atoms with E-state index in [2.05, 4.69) is 20.1 Å². The van der Waals surface area contributed by atoms with Gasteiger partial charge in [0.15, 0.2) is 0 Å². The Morgan fingerprint density at radius 2 is 1.73 bits per heavy atom. The van der Waals surface area contributed by atoms with E-state index in [1.54, 1.807) is 6.26 Å². The zero-order valence-electron chi connectivity index (χ0n) is 10.2. The maximum Gasteiger partial charge on any atom is 0.101 e. The minimum atomic E-state index is 0.297. The Kier molecular flexibility index (Phi) is 10.8. The highest BCUT2D eigenvalue weighted by molar-refractivity contribution is 4.75. The second-order valence-electron chi connectivity index (χ2n) is 4.01. The fraction of sp³-hybridized carbons (Fsp3) is 0.714. The van der Waals surface area contributed by atoms with Crippen LogP contribution in [-0.2, 0) is 4.74 Å². The second kappa shape index (κ2) is 11.4. The summed E-state index contributed by atoms with van der Waals surface area (Å²) in [4.78, 5) is 0. The Balaban J connectivity index is 3.35. The summed E-state index contributed by atoms with van der Waals surface area (Å²) in [5.41, 5.74) is 0. The van der Waals surface area contributed by atoms with E-state index in [9.17, 15) is 0 Å². The molecule has 0 fully saturated rings. The Bertz CT molecular complexity index is 141. The van der Waals surface area contributed by atoms with Gasteiger partial charge in [0.2, 0.25) is 0 Å². The Morgan fingerprint density at radius 1 is 1.07 bits per heavy atom. The third-order valence-electron chi connectivity index (χ3n) is 2.60. The van der Waals surface area contributed by atoms with Crippen molar-refractivity contribution >= 4 is 0 Å². The van der Waals surface area contributed by atoms with Gasteiger partial charge in [-0.25, -0.2) is 0 Å². The van der Waals surface area contributed by atoms with Gasteiger partial charge in [-0.2, -0.15) is 0 Å². The van der Waals surface area contributed by atoms with Gasteiger partial charge in [0.1, 0.15) is 6.10 Å². The molecule has 0 bridgehead atoms. The maximum absolute atomic E-state index is 5.40. The van der Waals surface area contributed by atoms with E-state index in [1.807, 2.05) is 6.08 Å². The summed E-state index contributed by atoms with van der Waals surface area (Å²) >= 11 is 0. The summed E-state index contributed by atoms with van der Waals surface area (Å²) < 4.78 is 5.40. The van der Waals surface area contributed by atoms with Crippen molar-refractivity contribution in [1.29, 1.82) is 0 Å². The molecule has 0 aliphatic heterocycles. The molecular formula is C14H26O. The van der Waals surface area contributed by atoms with Crippen LogP contribution in [0.5, 0.6) is 0 Å². The molecule has 0 amide bonds. The van der Waals surface area contributed by atoms with Crippen molar-refractivity contribution in [3.8, 4) is 0 Å². The lowest BCUT2D eigenvalue weighted by Gasteiger charge is -2.14. The van der Waals surface area contributed by atoms with Gasteiger partial charge in [-0.05, 0) is 12.8 Å². The minimum absolute atomic E-state index is 0.297. The van der Waals surface area contributed by atoms with Crippen LogP contribution in [0.15, 0.2) is 25.5 Å². The normalized spacial score (nSPS) is 12.1. The first kappa shape index (κ1) is 14.3. The fourth-order valence-electron chi connectivity index (χ4n) is 1.72. The lowest BCUT2D eigenvalue weighted by Crippen LogP contribution is -2.08. The van der Waals surface area contributed by atoms with E-state index in [4.69, 9.17) is 4.74 Å². The molecule has 1 heteroatoms. The summed E-state index contributed by atoms with van der Waals surface area (Å²) in [5, 5.41) is 0. The molecule has 0 N–H and O–H groups in total. The van der Waals surface area contributed by atoms with Gasteiger partial charge in [0.05, 0.1) is 6.26 Å². The summed E-state index contributed by atoms with van der Waals surface area (Å²) in [6.07, 6.45) is 13.9. The quantitative estimate of drug-likeness (QED) is 0.269. The van der Waals surface area contributed by atoms with Crippen LogP contribution in [0.25, 0.3) is 0 Å². The third kappa shape index (κ3) is 9.58. The van der Waals surface area contributed by atoms with E-state index < -0.39 is 0 Å². The standard InChI is InChI=1S/C14H26O/c1-4-7-8-9-10-11-13-14(12-5-2)15-6-3/h5-6,14H,2-4,7-13H2,1H3. The van der Waals surface area contributed by atoms with Gasteiger partial charge in [-0.1, -0.05) is 51.7 Å². The van der Waals surface area contributed by atoms with Crippen LogP contribution in [0.3, 0.4) is 0 Å². The predicted octanol–water partition coefficient (Wildman–Crippen LogP) is 4.84. The summed E-state index contributed by atoms with van der Waals surface area (Å²) in [6, 6.07) is 0. The van der Waals surface area contributed by atoms with Gasteiger partial charge >= 0.3 is 0 Å². The van der Waals surface area contributed by atoms with Crippen LogP contribution in [0, 0.1) is 0 Å². The smallest absolute Gasteiger partial charge is 0.101 e. The molecular weight excluding hydrogens is 184 g/mol. The molecule has 0 radical (unpaired) electrons. The fourth-order valence-corrected chi connectivity index (χ4v) is 1.72. The van der Waals surface area contributed by atoms with Crippen LogP contribution in [0.4, 0.5) is 0 Å². The molecule has 0 aromatic rings. The molecule has 0 heterocycles. The molecule has 0 aliphatic carbocycles. The first-order chi connectivity index (χ1) is 7.35. The lowest BCUT2D eigenvalue weighted by atomic mass is 10.1. The first-order valence-electron chi connectivity index (χ1n) is 6.22. The zero-order valence-corrected chi connectivity index (χ0v) is 10.2. The zero-order chi connectivity index (χ0) is 11.4. The Morgan fingerprint density at radius 3 is 2.33 bits per heavy atom. The van der Waals surface area contributed by atoms with Crippen LogP contribution in [0.2, 0.25) is 0 Å². The highest BCUT2D eigenvalue weighted by Crippen LogP contribution is 2.13. The van der Waals surface area contributed by atoms with Crippen molar-refractivity contribution in [2.45, 2.75) is 64.4 Å². The van der Waals surface area contributed by atoms with Crippen LogP contribution >= 0.6 is 0 Å². The van der Waals surface area contributed by atoms with Crippen molar-refractivity contribution in [2.24, 2.45) is 0 Å². The van der Waals surface area contributed by atoms with E-state index >= 15 is 0 Å². The SMILES string of the molecule is C=CCC(CCCCCCCC)OC=C. The van der Waals surface area contributed by atoms with Gasteiger partial charge in [-0.3, -0.25) is 0 Å². The summed E-state index contributed by atoms with van der Waals surface area (Å²) in [6.45, 7) is 9.58. The molecule has 0 aromatic carbocycles. The average molecular weight is 210 g/mol. The van der Waals surface area contributed by atoms with E-state index in [0.29, 0.717) is 6.10 Å². The molecule has 88 valence electrons. The van der Waals surface area contributed by atoms with Gasteiger partial charge in [-0.15, -0.1) is 6.58 Å².